The van der Waals surface area contributed by atoms with E-state index in [1.54, 1.807) is 30.1 Å². The fourth-order valence-corrected chi connectivity index (χ4v) is 3.09. The largest absolute Gasteiger partial charge is 0.326 e. The van der Waals surface area contributed by atoms with Gasteiger partial charge in [0.05, 0.1) is 10.6 Å². The molecule has 2 aromatic rings. The number of hydrogen-bond donors (Lipinski definition) is 1. The van der Waals surface area contributed by atoms with Gasteiger partial charge in [0.25, 0.3) is 6.43 Å². The van der Waals surface area contributed by atoms with Crippen molar-refractivity contribution in [3.63, 3.8) is 0 Å². The van der Waals surface area contributed by atoms with E-state index in [4.69, 9.17) is 5.73 Å². The van der Waals surface area contributed by atoms with Crippen molar-refractivity contribution < 1.29 is 17.2 Å². The summed E-state index contributed by atoms with van der Waals surface area (Å²) in [6, 6.07) is 5.70. The first kappa shape index (κ1) is 15.6. The maximum Gasteiger partial charge on any atom is 0.252 e. The molecule has 0 saturated carbocycles. The predicted molar refractivity (Wildman–Crippen MR) is 74.6 cm³/mol. The molecule has 0 amide bonds. The first-order valence-corrected chi connectivity index (χ1v) is 7.82. The van der Waals surface area contributed by atoms with Crippen LogP contribution >= 0.6 is 0 Å². The summed E-state index contributed by atoms with van der Waals surface area (Å²) >= 11 is 0. The van der Waals surface area contributed by atoms with Crippen molar-refractivity contribution in [1.82, 2.24) is 9.78 Å². The molecule has 1 heterocycles. The highest BCUT2D eigenvalue weighted by atomic mass is 32.2. The number of sulfone groups is 1. The van der Waals surface area contributed by atoms with E-state index in [1.165, 1.54) is 12.1 Å². The Morgan fingerprint density at radius 3 is 2.43 bits per heavy atom. The van der Waals surface area contributed by atoms with Crippen LogP contribution in [0.3, 0.4) is 0 Å². The maximum absolute atomic E-state index is 12.3. The summed E-state index contributed by atoms with van der Waals surface area (Å²) in [4.78, 5) is -0.128. The number of nitrogens with zero attached hydrogens (tertiary/aromatic N) is 2. The summed E-state index contributed by atoms with van der Waals surface area (Å²) in [6.45, 7) is 0.300. The Balaban J connectivity index is 2.35. The Morgan fingerprint density at radius 2 is 1.90 bits per heavy atom. The van der Waals surface area contributed by atoms with Gasteiger partial charge in [-0.1, -0.05) is 12.1 Å². The zero-order chi connectivity index (χ0) is 15.6. The zero-order valence-corrected chi connectivity index (χ0v) is 12.1. The molecule has 0 spiro atoms. The van der Waals surface area contributed by atoms with E-state index in [1.807, 2.05) is 0 Å². The molecule has 5 nitrogen and oxygen atoms in total. The first-order chi connectivity index (χ1) is 9.83. The van der Waals surface area contributed by atoms with E-state index in [-0.39, 0.29) is 4.90 Å². The molecule has 0 atom stereocenters. The number of alkyl halides is 2. The lowest BCUT2D eigenvalue weighted by Crippen LogP contribution is -2.13. The summed E-state index contributed by atoms with van der Waals surface area (Å²) in [7, 11) is -2.22. The molecule has 0 bridgehead atoms. The van der Waals surface area contributed by atoms with Crippen molar-refractivity contribution in [1.29, 1.82) is 0 Å². The van der Waals surface area contributed by atoms with Crippen LogP contribution in [0.15, 0.2) is 35.4 Å². The fourth-order valence-electron chi connectivity index (χ4n) is 2.01. The number of nitrogens with two attached hydrogens (primary N) is 1. The summed E-state index contributed by atoms with van der Waals surface area (Å²) in [5.74, 6) is -1.18. The molecule has 0 aliphatic rings. The number of aryl methyl sites for hydroxylation is 1. The molecule has 0 aliphatic heterocycles. The van der Waals surface area contributed by atoms with Gasteiger partial charge in [-0.3, -0.25) is 4.68 Å². The third-order valence-corrected chi connectivity index (χ3v) is 4.64. The lowest BCUT2D eigenvalue weighted by molar-refractivity contribution is 0.174. The van der Waals surface area contributed by atoms with Gasteiger partial charge in [0.1, 0.15) is 5.75 Å². The zero-order valence-electron chi connectivity index (χ0n) is 11.3. The molecule has 114 valence electrons. The molecule has 21 heavy (non-hydrogen) atoms. The molecule has 2 rings (SSSR count). The molecular formula is C13H15F2N3O2S. The van der Waals surface area contributed by atoms with Crippen molar-refractivity contribution in [2.45, 2.75) is 17.9 Å². The fraction of sp³-hybridized carbons (Fsp3) is 0.308. The van der Waals surface area contributed by atoms with Crippen LogP contribution in [0.5, 0.6) is 0 Å². The second kappa shape index (κ2) is 5.90. The minimum Gasteiger partial charge on any atom is -0.326 e. The van der Waals surface area contributed by atoms with Gasteiger partial charge in [-0.05, 0) is 12.1 Å². The van der Waals surface area contributed by atoms with Gasteiger partial charge in [0.2, 0.25) is 0 Å². The second-order valence-corrected chi connectivity index (χ2v) is 6.61. The quantitative estimate of drug-likeness (QED) is 0.909. The summed E-state index contributed by atoms with van der Waals surface area (Å²) in [6.07, 6.45) is -1.12. The summed E-state index contributed by atoms with van der Waals surface area (Å²) < 4.78 is 49.5. The monoisotopic (exact) mass is 315 g/mol. The molecule has 0 saturated heterocycles. The number of hydrogen-bond acceptors (Lipinski definition) is 4. The highest BCUT2D eigenvalue weighted by Gasteiger charge is 2.20. The van der Waals surface area contributed by atoms with Gasteiger partial charge in [-0.2, -0.15) is 5.10 Å². The second-order valence-electron chi connectivity index (χ2n) is 4.58. The smallest absolute Gasteiger partial charge is 0.252 e. The Morgan fingerprint density at radius 1 is 1.29 bits per heavy atom. The van der Waals surface area contributed by atoms with Crippen LogP contribution in [-0.2, 0) is 23.4 Å². The van der Waals surface area contributed by atoms with Gasteiger partial charge < -0.3 is 5.73 Å². The molecule has 0 fully saturated rings. The van der Waals surface area contributed by atoms with Crippen LogP contribution in [0, 0.1) is 0 Å². The molecule has 8 heteroatoms. The summed E-state index contributed by atoms with van der Waals surface area (Å²) in [5.41, 5.74) is 7.78. The van der Waals surface area contributed by atoms with Crippen LogP contribution < -0.4 is 5.73 Å². The van der Waals surface area contributed by atoms with E-state index < -0.39 is 22.0 Å². The number of rotatable bonds is 5. The van der Waals surface area contributed by atoms with E-state index in [0.717, 1.165) is 5.56 Å². The van der Waals surface area contributed by atoms with Crippen LogP contribution in [0.1, 0.15) is 5.56 Å². The average Bonchev–Trinajstić information content (AvgIpc) is 2.79. The first-order valence-electron chi connectivity index (χ1n) is 6.17. The lowest BCUT2D eigenvalue weighted by Gasteiger charge is -2.05. The minimum absolute atomic E-state index is 0.128. The van der Waals surface area contributed by atoms with Gasteiger partial charge in [-0.25, -0.2) is 17.2 Å². The van der Waals surface area contributed by atoms with Crippen molar-refractivity contribution in [3.8, 4) is 11.3 Å². The third-order valence-electron chi connectivity index (χ3n) is 2.96. The van der Waals surface area contributed by atoms with Gasteiger partial charge in [0, 0.05) is 30.9 Å². The molecule has 1 aromatic carbocycles. The van der Waals surface area contributed by atoms with Gasteiger partial charge in [0.15, 0.2) is 9.84 Å². The predicted octanol–water partition coefficient (Wildman–Crippen LogP) is 1.58. The Labute approximate surface area is 121 Å². The maximum atomic E-state index is 12.3. The number of benzene rings is 1. The van der Waals surface area contributed by atoms with Crippen molar-refractivity contribution in [2.24, 2.45) is 12.8 Å². The normalized spacial score (nSPS) is 12.0. The van der Waals surface area contributed by atoms with E-state index in [2.05, 4.69) is 5.10 Å². The van der Waals surface area contributed by atoms with E-state index in [9.17, 15) is 17.2 Å². The lowest BCUT2D eigenvalue weighted by atomic mass is 10.1. The molecule has 0 radical (unpaired) electrons. The van der Waals surface area contributed by atoms with Crippen molar-refractivity contribution in [3.05, 3.63) is 36.0 Å². The van der Waals surface area contributed by atoms with E-state index >= 15 is 0 Å². The Bertz CT molecular complexity index is 724. The molecule has 0 unspecified atom stereocenters. The molecular weight excluding hydrogens is 300 g/mol. The number of halogens is 2. The average molecular weight is 315 g/mol. The summed E-state index contributed by atoms with van der Waals surface area (Å²) in [5, 5.41) is 4.26. The highest BCUT2D eigenvalue weighted by Crippen LogP contribution is 2.24. The third kappa shape index (κ3) is 3.45. The Kier molecular flexibility index (Phi) is 4.38. The number of aromatic nitrogens is 2. The molecule has 0 aliphatic carbocycles. The van der Waals surface area contributed by atoms with E-state index in [0.29, 0.717) is 17.8 Å². The minimum atomic E-state index is -3.97. The SMILES string of the molecule is Cn1cc(CN)c(-c2ccc(S(=O)(=O)CC(F)F)cc2)n1. The van der Waals surface area contributed by atoms with Gasteiger partial charge >= 0.3 is 0 Å². The highest BCUT2D eigenvalue weighted by molar-refractivity contribution is 7.91. The van der Waals surface area contributed by atoms with Crippen LogP contribution in [0.25, 0.3) is 11.3 Å². The van der Waals surface area contributed by atoms with Crippen molar-refractivity contribution >= 4 is 9.84 Å². The van der Waals surface area contributed by atoms with Crippen LogP contribution in [0.4, 0.5) is 8.78 Å². The Hall–Kier alpha value is -1.80. The van der Waals surface area contributed by atoms with Crippen molar-refractivity contribution in [2.75, 3.05) is 5.75 Å². The topological polar surface area (TPSA) is 78.0 Å². The van der Waals surface area contributed by atoms with Gasteiger partial charge in [-0.15, -0.1) is 0 Å². The van der Waals surface area contributed by atoms with Crippen LogP contribution in [0.2, 0.25) is 0 Å². The molecule has 1 aromatic heterocycles. The standard InChI is InChI=1S/C13H15F2N3O2S/c1-18-7-10(6-16)13(17-18)9-2-4-11(5-3-9)21(19,20)8-12(14)15/h2-5,7,12H,6,8,16H2,1H3. The molecule has 2 N–H and O–H groups in total. The van der Waals surface area contributed by atoms with Crippen LogP contribution in [-0.4, -0.2) is 30.4 Å².